The Morgan fingerprint density at radius 1 is 1.19 bits per heavy atom. The van der Waals surface area contributed by atoms with Crippen LogP contribution in [0.5, 0.6) is 0 Å². The van der Waals surface area contributed by atoms with E-state index in [0.29, 0.717) is 23.9 Å². The molecule has 2 heterocycles. The van der Waals surface area contributed by atoms with Crippen molar-refractivity contribution >= 4 is 22.7 Å². The molecule has 3 atom stereocenters. The second-order valence-electron chi connectivity index (χ2n) is 8.79. The fourth-order valence-corrected chi connectivity index (χ4v) is 7.05. The Morgan fingerprint density at radius 2 is 1.85 bits per heavy atom. The number of carbonyl (C=O) groups excluding carboxylic acids is 1. The molecule has 6 nitrogen and oxygen atoms in total. The average molecular weight is 391 g/mol. The maximum atomic E-state index is 13.1. The maximum Gasteiger partial charge on any atom is 0.225 e. The molecule has 2 saturated carbocycles. The number of Topliss-reactive ketones (excluding diaryl/α,β-unsaturated/α-hetero) is 1. The van der Waals surface area contributed by atoms with Crippen molar-refractivity contribution in [1.82, 2.24) is 14.3 Å². The quantitative estimate of drug-likeness (QED) is 0.771. The number of carbonyl (C=O) groups is 1. The molecule has 0 amide bonds. The molecule has 0 N–H and O–H groups in total. The molecule has 27 heavy (non-hydrogen) atoms. The van der Waals surface area contributed by atoms with Gasteiger partial charge in [0.1, 0.15) is 5.78 Å². The monoisotopic (exact) mass is 390 g/mol. The molecule has 2 bridgehead atoms. The van der Waals surface area contributed by atoms with Gasteiger partial charge in [-0.05, 0) is 36.2 Å². The van der Waals surface area contributed by atoms with Gasteiger partial charge in [-0.2, -0.15) is 0 Å². The summed E-state index contributed by atoms with van der Waals surface area (Å²) in [4.78, 5) is 23.8. The second-order valence-corrected chi connectivity index (χ2v) is 10.2. The lowest BCUT2D eigenvalue weighted by atomic mass is 9.70. The summed E-state index contributed by atoms with van der Waals surface area (Å²) in [5.41, 5.74) is 0.742. The van der Waals surface area contributed by atoms with Gasteiger partial charge >= 0.3 is 0 Å². The lowest BCUT2D eigenvalue weighted by Crippen LogP contribution is -2.50. The van der Waals surface area contributed by atoms with Crippen LogP contribution in [0.1, 0.15) is 45.6 Å². The third-order valence-corrected chi connectivity index (χ3v) is 9.10. The molecule has 3 fully saturated rings. The van der Waals surface area contributed by atoms with Crippen LogP contribution >= 0.6 is 0 Å². The number of piperazine rings is 1. The van der Waals surface area contributed by atoms with Gasteiger partial charge in [-0.25, -0.2) is 18.5 Å². The van der Waals surface area contributed by atoms with Crippen LogP contribution < -0.4 is 4.90 Å². The Labute approximate surface area is 164 Å². The standard InChI is InChI=1S/C20H30N4O2S/c1-4-15-12-21-18(22-13-15)23-7-9-24(10-8-23)27(26)14-20-6-5-16(11-17(20)25)19(20,2)3/h12-13,16H,4-11,14H2,1-3H3. The summed E-state index contributed by atoms with van der Waals surface area (Å²) in [6.07, 6.45) is 7.40. The van der Waals surface area contributed by atoms with Crippen molar-refractivity contribution in [3.05, 3.63) is 18.0 Å². The number of fused-ring (bicyclic) bond motifs is 2. The highest BCUT2D eigenvalue weighted by Gasteiger charge is 2.64. The highest BCUT2D eigenvalue weighted by Crippen LogP contribution is 2.64. The number of nitrogens with zero attached hydrogens (tertiary/aromatic N) is 4. The van der Waals surface area contributed by atoms with Crippen molar-refractivity contribution in [2.24, 2.45) is 16.7 Å². The van der Waals surface area contributed by atoms with E-state index >= 15 is 0 Å². The van der Waals surface area contributed by atoms with Crippen molar-refractivity contribution in [3.63, 3.8) is 0 Å². The number of hydrogen-bond donors (Lipinski definition) is 0. The third kappa shape index (κ3) is 3.03. The molecule has 1 aromatic heterocycles. The van der Waals surface area contributed by atoms with E-state index in [1.807, 2.05) is 16.7 Å². The largest absolute Gasteiger partial charge is 0.338 e. The van der Waals surface area contributed by atoms with Gasteiger partial charge in [0, 0.05) is 50.4 Å². The van der Waals surface area contributed by atoms with Crippen LogP contribution in [0.15, 0.2) is 12.4 Å². The lowest BCUT2D eigenvalue weighted by molar-refractivity contribution is -0.128. The van der Waals surface area contributed by atoms with Crippen LogP contribution in [-0.2, 0) is 22.2 Å². The van der Waals surface area contributed by atoms with Gasteiger partial charge in [-0.15, -0.1) is 0 Å². The number of aromatic nitrogens is 2. The van der Waals surface area contributed by atoms with Gasteiger partial charge in [0.15, 0.2) is 0 Å². The van der Waals surface area contributed by atoms with Gasteiger partial charge < -0.3 is 4.90 Å². The van der Waals surface area contributed by atoms with Crippen LogP contribution in [-0.4, -0.2) is 56.2 Å². The molecule has 0 spiro atoms. The zero-order valence-corrected chi connectivity index (χ0v) is 17.4. The predicted molar refractivity (Wildman–Crippen MR) is 107 cm³/mol. The molecule has 3 aliphatic rings. The molecular weight excluding hydrogens is 360 g/mol. The maximum absolute atomic E-state index is 13.1. The van der Waals surface area contributed by atoms with Gasteiger partial charge in [0.25, 0.3) is 0 Å². The minimum atomic E-state index is -1.11. The molecule has 4 rings (SSSR count). The van der Waals surface area contributed by atoms with E-state index in [-0.39, 0.29) is 10.8 Å². The van der Waals surface area contributed by atoms with Crippen LogP contribution in [0.25, 0.3) is 0 Å². The van der Waals surface area contributed by atoms with Gasteiger partial charge in [-0.1, -0.05) is 20.8 Å². The number of rotatable bonds is 5. The van der Waals surface area contributed by atoms with Crippen molar-refractivity contribution in [2.45, 2.75) is 46.5 Å². The topological polar surface area (TPSA) is 66.4 Å². The summed E-state index contributed by atoms with van der Waals surface area (Å²) >= 11 is 0. The van der Waals surface area contributed by atoms with Crippen molar-refractivity contribution in [2.75, 3.05) is 36.8 Å². The average Bonchev–Trinajstić information content (AvgIpc) is 3.03. The summed E-state index contributed by atoms with van der Waals surface area (Å²) in [6.45, 7) is 9.49. The highest BCUT2D eigenvalue weighted by molar-refractivity contribution is 7.82. The molecule has 1 saturated heterocycles. The molecule has 0 aromatic carbocycles. The molecular formula is C20H30N4O2S. The van der Waals surface area contributed by atoms with Crippen LogP contribution in [0.4, 0.5) is 5.95 Å². The van der Waals surface area contributed by atoms with Crippen LogP contribution in [0.2, 0.25) is 0 Å². The van der Waals surface area contributed by atoms with Gasteiger partial charge in [-0.3, -0.25) is 4.79 Å². The summed E-state index contributed by atoms with van der Waals surface area (Å²) in [5.74, 6) is 2.07. The fraction of sp³-hybridized carbons (Fsp3) is 0.750. The molecule has 7 heteroatoms. The molecule has 148 valence electrons. The van der Waals surface area contributed by atoms with Gasteiger partial charge in [0.05, 0.1) is 16.7 Å². The Morgan fingerprint density at radius 3 is 2.37 bits per heavy atom. The summed E-state index contributed by atoms with van der Waals surface area (Å²) in [7, 11) is -1.11. The van der Waals surface area contributed by atoms with E-state index in [0.717, 1.165) is 57.0 Å². The number of hydrogen-bond acceptors (Lipinski definition) is 5. The van der Waals surface area contributed by atoms with E-state index in [2.05, 4.69) is 35.6 Å². The Bertz CT molecular complexity index is 743. The van der Waals surface area contributed by atoms with E-state index in [9.17, 15) is 9.00 Å². The number of aryl methyl sites for hydroxylation is 1. The molecule has 2 aliphatic carbocycles. The van der Waals surface area contributed by atoms with E-state index in [1.54, 1.807) is 0 Å². The minimum absolute atomic E-state index is 0.0174. The molecule has 3 unspecified atom stereocenters. The van der Waals surface area contributed by atoms with Crippen molar-refractivity contribution in [3.8, 4) is 0 Å². The van der Waals surface area contributed by atoms with Gasteiger partial charge in [0.2, 0.25) is 5.95 Å². The predicted octanol–water partition coefficient (Wildman–Crippen LogP) is 2.22. The van der Waals surface area contributed by atoms with E-state index in [4.69, 9.17) is 0 Å². The Hall–Kier alpha value is -1.34. The lowest BCUT2D eigenvalue weighted by Gasteiger charge is -2.39. The number of ketones is 1. The zero-order chi connectivity index (χ0) is 19.2. The summed E-state index contributed by atoms with van der Waals surface area (Å²) < 4.78 is 15.2. The second kappa shape index (κ2) is 6.92. The first-order chi connectivity index (χ1) is 12.9. The molecule has 1 aliphatic heterocycles. The zero-order valence-electron chi connectivity index (χ0n) is 16.6. The first-order valence-corrected chi connectivity index (χ1v) is 11.4. The van der Waals surface area contributed by atoms with Crippen LogP contribution in [0, 0.1) is 16.7 Å². The Balaban J connectivity index is 1.38. The first kappa shape index (κ1) is 19.0. The van der Waals surface area contributed by atoms with Crippen molar-refractivity contribution < 1.29 is 9.00 Å². The summed E-state index contributed by atoms with van der Waals surface area (Å²) in [5, 5.41) is 0. The Kier molecular flexibility index (Phi) is 4.87. The molecule has 0 radical (unpaired) electrons. The van der Waals surface area contributed by atoms with Crippen molar-refractivity contribution in [1.29, 1.82) is 0 Å². The minimum Gasteiger partial charge on any atom is -0.338 e. The smallest absolute Gasteiger partial charge is 0.225 e. The fourth-order valence-electron chi connectivity index (χ4n) is 5.20. The normalized spacial score (nSPS) is 31.4. The summed E-state index contributed by atoms with van der Waals surface area (Å²) in [6, 6.07) is 0. The number of anilines is 1. The highest BCUT2D eigenvalue weighted by atomic mass is 32.2. The van der Waals surface area contributed by atoms with E-state index < -0.39 is 11.0 Å². The third-order valence-electron chi connectivity index (χ3n) is 7.42. The van der Waals surface area contributed by atoms with Crippen LogP contribution in [0.3, 0.4) is 0 Å². The molecule has 1 aromatic rings. The first-order valence-electron chi connectivity index (χ1n) is 10.1. The SMILES string of the molecule is CCc1cnc(N2CCN(S(=O)CC34CCC(CC3=O)C4(C)C)CC2)nc1. The van der Waals surface area contributed by atoms with E-state index in [1.165, 1.54) is 0 Å².